The van der Waals surface area contributed by atoms with Crippen molar-refractivity contribution >= 4 is 40.4 Å². The fraction of sp³-hybridized carbons (Fsp3) is 0.154. The predicted molar refractivity (Wildman–Crippen MR) is 90.2 cm³/mol. The zero-order valence-electron chi connectivity index (χ0n) is 11.4. The molecule has 0 aliphatic rings. The lowest BCUT2D eigenvalue weighted by Crippen LogP contribution is -2.30. The van der Waals surface area contributed by atoms with Crippen LogP contribution in [0.3, 0.4) is 0 Å². The second-order valence-electron chi connectivity index (χ2n) is 4.18. The molecule has 2 N–H and O–H groups in total. The van der Waals surface area contributed by atoms with Gasteiger partial charge in [-0.15, -0.1) is 5.10 Å². The molecule has 112 valence electrons. The van der Waals surface area contributed by atoms with Crippen molar-refractivity contribution in [2.24, 2.45) is 5.11 Å². The topological polar surface area (TPSA) is 98.6 Å². The molecule has 9 heteroatoms. The quantitative estimate of drug-likeness (QED) is 0.377. The van der Waals surface area contributed by atoms with Gasteiger partial charge in [-0.2, -0.15) is 5.10 Å². The molecule has 0 unspecified atom stereocenters. The second-order valence-corrected chi connectivity index (χ2v) is 4.99. The van der Waals surface area contributed by atoms with Crippen LogP contribution < -0.4 is 10.6 Å². The van der Waals surface area contributed by atoms with Gasteiger partial charge in [-0.05, 0) is 35.8 Å². The maximum absolute atomic E-state index is 8.53. The van der Waals surface area contributed by atoms with E-state index in [2.05, 4.69) is 30.9 Å². The highest BCUT2D eigenvalue weighted by atomic mass is 35.5. The maximum Gasteiger partial charge on any atom is 0.173 e. The Morgan fingerprint density at radius 3 is 2.95 bits per heavy atom. The number of aromatic nitrogens is 2. The highest BCUT2D eigenvalue weighted by Crippen LogP contribution is 2.19. The Kier molecular flexibility index (Phi) is 5.91. The zero-order valence-corrected chi connectivity index (χ0v) is 13.0. The van der Waals surface area contributed by atoms with Gasteiger partial charge >= 0.3 is 0 Å². The highest BCUT2D eigenvalue weighted by molar-refractivity contribution is 7.80. The lowest BCUT2D eigenvalue weighted by atomic mass is 10.1. The van der Waals surface area contributed by atoms with Gasteiger partial charge in [-0.3, -0.25) is 0 Å². The maximum atomic E-state index is 8.53. The Balaban J connectivity index is 1.88. The summed E-state index contributed by atoms with van der Waals surface area (Å²) in [6.45, 7) is 0.571. The molecule has 0 radical (unpaired) electrons. The average Bonchev–Trinajstić information content (AvgIpc) is 2.51. The van der Waals surface area contributed by atoms with Crippen molar-refractivity contribution in [1.82, 2.24) is 15.5 Å². The molecular formula is C13H12ClN7S. The molecule has 2 rings (SSSR count). The third-order valence-corrected chi connectivity index (χ3v) is 3.28. The Labute approximate surface area is 137 Å². The molecule has 0 amide bonds. The lowest BCUT2D eigenvalue weighted by Gasteiger charge is -2.11. The van der Waals surface area contributed by atoms with Gasteiger partial charge in [0, 0.05) is 17.1 Å². The Bertz CT molecular complexity index is 715. The fourth-order valence-corrected chi connectivity index (χ4v) is 2.07. The Hall–Kier alpha value is -2.41. The number of nitrogens with one attached hydrogen (secondary N) is 2. The molecule has 0 bridgehead atoms. The number of hydrogen-bond donors (Lipinski definition) is 2. The van der Waals surface area contributed by atoms with E-state index < -0.39 is 0 Å². The molecule has 0 atom stereocenters. The van der Waals surface area contributed by atoms with Crippen LogP contribution in [0.25, 0.3) is 10.4 Å². The van der Waals surface area contributed by atoms with E-state index in [4.69, 9.17) is 29.3 Å². The summed E-state index contributed by atoms with van der Waals surface area (Å²) in [7, 11) is 0. The average molecular weight is 334 g/mol. The normalized spacial score (nSPS) is 9.68. The summed E-state index contributed by atoms with van der Waals surface area (Å²) in [5, 5.41) is 18.0. The van der Waals surface area contributed by atoms with Gasteiger partial charge in [0.2, 0.25) is 0 Å². The Morgan fingerprint density at radius 2 is 2.18 bits per heavy atom. The Morgan fingerprint density at radius 1 is 1.36 bits per heavy atom. The molecule has 7 nitrogen and oxygen atoms in total. The van der Waals surface area contributed by atoms with Gasteiger partial charge in [0.15, 0.2) is 10.9 Å². The van der Waals surface area contributed by atoms with Gasteiger partial charge in [0.1, 0.15) is 0 Å². The van der Waals surface area contributed by atoms with Crippen molar-refractivity contribution in [3.05, 3.63) is 57.6 Å². The second kappa shape index (κ2) is 8.14. The summed E-state index contributed by atoms with van der Waals surface area (Å²) >= 11 is 11.1. The van der Waals surface area contributed by atoms with E-state index in [-0.39, 0.29) is 0 Å². The number of azide groups is 1. The van der Waals surface area contributed by atoms with Crippen LogP contribution >= 0.6 is 23.8 Å². The van der Waals surface area contributed by atoms with Gasteiger partial charge in [-0.1, -0.05) is 41.0 Å². The van der Waals surface area contributed by atoms with Crippen molar-refractivity contribution in [3.63, 3.8) is 0 Å². The summed E-state index contributed by atoms with van der Waals surface area (Å²) in [6.07, 6.45) is 2.15. The SMILES string of the molecule is [N-]=[N+]=Nc1ccccc1CCNC(=S)Nc1nnccc1Cl. The van der Waals surface area contributed by atoms with Crippen molar-refractivity contribution in [2.75, 3.05) is 11.9 Å². The van der Waals surface area contributed by atoms with E-state index in [9.17, 15) is 0 Å². The van der Waals surface area contributed by atoms with Crippen molar-refractivity contribution in [2.45, 2.75) is 6.42 Å². The van der Waals surface area contributed by atoms with Crippen LogP contribution in [0.5, 0.6) is 0 Å². The number of halogens is 1. The van der Waals surface area contributed by atoms with Crippen LogP contribution in [0.4, 0.5) is 11.5 Å². The first-order valence-electron chi connectivity index (χ1n) is 6.35. The fourth-order valence-electron chi connectivity index (χ4n) is 1.73. The first-order chi connectivity index (χ1) is 10.7. The molecule has 0 spiro atoms. The van der Waals surface area contributed by atoms with Crippen LogP contribution in [0, 0.1) is 0 Å². The van der Waals surface area contributed by atoms with E-state index in [1.807, 2.05) is 18.2 Å². The van der Waals surface area contributed by atoms with Gasteiger partial charge in [0.25, 0.3) is 0 Å². The molecule has 1 aromatic heterocycles. The van der Waals surface area contributed by atoms with Gasteiger partial charge in [0.05, 0.1) is 11.2 Å². The minimum Gasteiger partial charge on any atom is -0.362 e. The zero-order chi connectivity index (χ0) is 15.8. The largest absolute Gasteiger partial charge is 0.362 e. The number of thiocarbonyl (C=S) groups is 1. The smallest absolute Gasteiger partial charge is 0.173 e. The van der Waals surface area contributed by atoms with E-state index in [0.717, 1.165) is 5.56 Å². The van der Waals surface area contributed by atoms with Crippen LogP contribution in [0.2, 0.25) is 5.02 Å². The third kappa shape index (κ3) is 4.56. The number of benzene rings is 1. The first-order valence-corrected chi connectivity index (χ1v) is 7.14. The summed E-state index contributed by atoms with van der Waals surface area (Å²) in [6, 6.07) is 9.01. The van der Waals surface area contributed by atoms with Crippen LogP contribution in [-0.2, 0) is 6.42 Å². The summed E-state index contributed by atoms with van der Waals surface area (Å²) < 4.78 is 0. The summed E-state index contributed by atoms with van der Waals surface area (Å²) in [5.74, 6) is 0.399. The number of hydrogen-bond acceptors (Lipinski definition) is 4. The number of anilines is 1. The van der Waals surface area contributed by atoms with E-state index in [1.165, 1.54) is 6.20 Å². The molecule has 1 heterocycles. The first kappa shape index (κ1) is 16.0. The molecule has 0 aliphatic heterocycles. The number of rotatable bonds is 5. The molecule has 0 saturated carbocycles. The standard InChI is InChI=1S/C13H12ClN7S/c14-10-6-8-17-20-12(10)18-13(22)16-7-5-9-3-1-2-4-11(9)19-21-15/h1-4,6,8H,5,7H2,(H2,16,18,20,22). The van der Waals surface area contributed by atoms with Crippen molar-refractivity contribution in [1.29, 1.82) is 0 Å². The molecule has 1 aromatic carbocycles. The van der Waals surface area contributed by atoms with Crippen molar-refractivity contribution in [3.8, 4) is 0 Å². The monoisotopic (exact) mass is 333 g/mol. The summed E-state index contributed by atoms with van der Waals surface area (Å²) in [5.41, 5.74) is 10.1. The van der Waals surface area contributed by atoms with Gasteiger partial charge < -0.3 is 10.6 Å². The van der Waals surface area contributed by atoms with E-state index in [0.29, 0.717) is 34.6 Å². The van der Waals surface area contributed by atoms with Gasteiger partial charge in [-0.25, -0.2) is 0 Å². The molecule has 0 saturated heterocycles. The molecule has 22 heavy (non-hydrogen) atoms. The molecule has 2 aromatic rings. The van der Waals surface area contributed by atoms with Crippen LogP contribution in [0.15, 0.2) is 41.6 Å². The van der Waals surface area contributed by atoms with Crippen LogP contribution in [-0.4, -0.2) is 21.9 Å². The number of nitrogens with zero attached hydrogens (tertiary/aromatic N) is 5. The van der Waals surface area contributed by atoms with E-state index in [1.54, 1.807) is 12.1 Å². The van der Waals surface area contributed by atoms with Crippen LogP contribution in [0.1, 0.15) is 5.56 Å². The lowest BCUT2D eigenvalue weighted by molar-refractivity contribution is 0.872. The predicted octanol–water partition coefficient (Wildman–Crippen LogP) is 3.60. The van der Waals surface area contributed by atoms with Crippen molar-refractivity contribution < 1.29 is 0 Å². The minimum atomic E-state index is 0.392. The molecular weight excluding hydrogens is 322 g/mol. The minimum absolute atomic E-state index is 0.392. The molecule has 0 aliphatic carbocycles. The third-order valence-electron chi connectivity index (χ3n) is 2.73. The van der Waals surface area contributed by atoms with E-state index >= 15 is 0 Å². The summed E-state index contributed by atoms with van der Waals surface area (Å²) in [4.78, 5) is 2.81. The molecule has 0 fully saturated rings. The highest BCUT2D eigenvalue weighted by Gasteiger charge is 2.04.